The summed E-state index contributed by atoms with van der Waals surface area (Å²) in [6.45, 7) is 4.35. The van der Waals surface area contributed by atoms with E-state index in [1.165, 1.54) is 6.07 Å². The molecule has 1 fully saturated rings. The molecule has 1 aliphatic heterocycles. The number of carboxylic acid groups (broad SMARTS) is 1. The van der Waals surface area contributed by atoms with Crippen LogP contribution in [-0.2, 0) is 16.1 Å². The lowest BCUT2D eigenvalue weighted by atomic mass is 9.95. The summed E-state index contributed by atoms with van der Waals surface area (Å²) in [7, 11) is 0. The van der Waals surface area contributed by atoms with E-state index in [2.05, 4.69) is 5.32 Å². The second kappa shape index (κ2) is 6.09. The first-order valence-electron chi connectivity index (χ1n) is 6.69. The SMILES string of the molecule is Cc1oc(CNC(=O)C2CCOC(C)C2)cc1C(=O)O. The summed E-state index contributed by atoms with van der Waals surface area (Å²) in [5, 5.41) is 11.7. The van der Waals surface area contributed by atoms with Crippen LogP contribution in [0.2, 0.25) is 0 Å². The first kappa shape index (κ1) is 14.6. The summed E-state index contributed by atoms with van der Waals surface area (Å²) in [4.78, 5) is 22.9. The number of aryl methyl sites for hydroxylation is 1. The van der Waals surface area contributed by atoms with Gasteiger partial charge in [-0.25, -0.2) is 4.79 Å². The van der Waals surface area contributed by atoms with Crippen molar-refractivity contribution in [2.45, 2.75) is 39.3 Å². The molecule has 0 saturated carbocycles. The highest BCUT2D eigenvalue weighted by molar-refractivity contribution is 5.88. The maximum absolute atomic E-state index is 12.0. The summed E-state index contributed by atoms with van der Waals surface area (Å²) >= 11 is 0. The summed E-state index contributed by atoms with van der Waals surface area (Å²) in [5.41, 5.74) is 0.133. The molecule has 1 aliphatic rings. The number of furan rings is 1. The molecule has 1 aromatic rings. The lowest BCUT2D eigenvalue weighted by Gasteiger charge is -2.26. The van der Waals surface area contributed by atoms with Gasteiger partial charge < -0.3 is 19.6 Å². The van der Waals surface area contributed by atoms with Crippen LogP contribution in [0.4, 0.5) is 0 Å². The third-order valence-corrected chi connectivity index (χ3v) is 3.49. The highest BCUT2D eigenvalue weighted by Crippen LogP contribution is 2.20. The van der Waals surface area contributed by atoms with Gasteiger partial charge in [0, 0.05) is 12.5 Å². The van der Waals surface area contributed by atoms with Crippen LogP contribution in [-0.4, -0.2) is 29.7 Å². The van der Waals surface area contributed by atoms with Gasteiger partial charge in [-0.2, -0.15) is 0 Å². The molecule has 0 aromatic carbocycles. The van der Waals surface area contributed by atoms with E-state index in [4.69, 9.17) is 14.3 Å². The number of aromatic carboxylic acids is 1. The molecular weight excluding hydrogens is 262 g/mol. The molecule has 2 unspecified atom stereocenters. The Morgan fingerprint density at radius 1 is 1.50 bits per heavy atom. The van der Waals surface area contributed by atoms with Crippen molar-refractivity contribution in [2.75, 3.05) is 6.61 Å². The number of hydrogen-bond donors (Lipinski definition) is 2. The molecule has 0 radical (unpaired) electrons. The second-order valence-corrected chi connectivity index (χ2v) is 5.11. The number of ether oxygens (including phenoxy) is 1. The number of carbonyl (C=O) groups excluding carboxylic acids is 1. The fourth-order valence-corrected chi connectivity index (χ4v) is 2.40. The smallest absolute Gasteiger partial charge is 0.339 e. The minimum absolute atomic E-state index is 0.0360. The third-order valence-electron chi connectivity index (χ3n) is 3.49. The highest BCUT2D eigenvalue weighted by Gasteiger charge is 2.25. The van der Waals surface area contributed by atoms with Crippen molar-refractivity contribution in [3.8, 4) is 0 Å². The molecule has 1 amide bonds. The fourth-order valence-electron chi connectivity index (χ4n) is 2.40. The van der Waals surface area contributed by atoms with Gasteiger partial charge in [-0.3, -0.25) is 4.79 Å². The van der Waals surface area contributed by atoms with Gasteiger partial charge in [0.15, 0.2) is 0 Å². The monoisotopic (exact) mass is 281 g/mol. The molecule has 1 saturated heterocycles. The third kappa shape index (κ3) is 3.39. The lowest BCUT2D eigenvalue weighted by Crippen LogP contribution is -2.36. The minimum Gasteiger partial charge on any atom is -0.478 e. The van der Waals surface area contributed by atoms with E-state index in [1.807, 2.05) is 6.92 Å². The van der Waals surface area contributed by atoms with Crippen molar-refractivity contribution in [3.05, 3.63) is 23.2 Å². The molecule has 2 heterocycles. The Kier molecular flexibility index (Phi) is 4.44. The van der Waals surface area contributed by atoms with E-state index >= 15 is 0 Å². The van der Waals surface area contributed by atoms with Crippen molar-refractivity contribution in [3.63, 3.8) is 0 Å². The lowest BCUT2D eigenvalue weighted by molar-refractivity contribution is -0.129. The standard InChI is InChI=1S/C14H19NO5/c1-8-5-10(3-4-19-8)13(16)15-7-11-6-12(14(17)18)9(2)20-11/h6,8,10H,3-5,7H2,1-2H3,(H,15,16)(H,17,18). The maximum Gasteiger partial charge on any atom is 0.339 e. The Morgan fingerprint density at radius 2 is 2.25 bits per heavy atom. The van der Waals surface area contributed by atoms with Crippen LogP contribution in [0.1, 0.15) is 41.6 Å². The fraction of sp³-hybridized carbons (Fsp3) is 0.571. The topological polar surface area (TPSA) is 88.8 Å². The number of carboxylic acids is 1. The summed E-state index contributed by atoms with van der Waals surface area (Å²) in [6.07, 6.45) is 1.53. The van der Waals surface area contributed by atoms with Gasteiger partial charge in [0.25, 0.3) is 0 Å². The van der Waals surface area contributed by atoms with Gasteiger partial charge in [-0.05, 0) is 32.8 Å². The Bertz CT molecular complexity index is 508. The molecular formula is C14H19NO5. The Hall–Kier alpha value is -1.82. The number of nitrogens with one attached hydrogen (secondary N) is 1. The quantitative estimate of drug-likeness (QED) is 0.877. The van der Waals surface area contributed by atoms with Crippen molar-refractivity contribution in [2.24, 2.45) is 5.92 Å². The Labute approximate surface area is 117 Å². The molecule has 6 heteroatoms. The Morgan fingerprint density at radius 3 is 2.85 bits per heavy atom. The Balaban J connectivity index is 1.90. The molecule has 110 valence electrons. The molecule has 2 N–H and O–H groups in total. The first-order chi connectivity index (χ1) is 9.47. The highest BCUT2D eigenvalue weighted by atomic mass is 16.5. The van der Waals surface area contributed by atoms with Gasteiger partial charge in [0.1, 0.15) is 17.1 Å². The number of rotatable bonds is 4. The molecule has 20 heavy (non-hydrogen) atoms. The average Bonchev–Trinajstić information content (AvgIpc) is 2.77. The number of amides is 1. The van der Waals surface area contributed by atoms with Gasteiger partial charge in [0.2, 0.25) is 5.91 Å². The van der Waals surface area contributed by atoms with Crippen LogP contribution in [0.15, 0.2) is 10.5 Å². The number of carbonyl (C=O) groups is 2. The molecule has 0 spiro atoms. The van der Waals surface area contributed by atoms with Crippen LogP contribution in [0.25, 0.3) is 0 Å². The van der Waals surface area contributed by atoms with Gasteiger partial charge in [-0.15, -0.1) is 0 Å². The predicted octanol–water partition coefficient (Wildman–Crippen LogP) is 1.72. The van der Waals surface area contributed by atoms with Crippen molar-refractivity contribution in [1.82, 2.24) is 5.32 Å². The van der Waals surface area contributed by atoms with Crippen molar-refractivity contribution < 1.29 is 23.8 Å². The van der Waals surface area contributed by atoms with Gasteiger partial charge in [-0.1, -0.05) is 0 Å². The van der Waals surface area contributed by atoms with E-state index in [0.29, 0.717) is 31.0 Å². The largest absolute Gasteiger partial charge is 0.478 e. The van der Waals surface area contributed by atoms with E-state index in [-0.39, 0.29) is 30.0 Å². The predicted molar refractivity (Wildman–Crippen MR) is 70.4 cm³/mol. The maximum atomic E-state index is 12.0. The van der Waals surface area contributed by atoms with Gasteiger partial charge >= 0.3 is 5.97 Å². The van der Waals surface area contributed by atoms with E-state index in [0.717, 1.165) is 0 Å². The van der Waals surface area contributed by atoms with Crippen LogP contribution < -0.4 is 5.32 Å². The first-order valence-corrected chi connectivity index (χ1v) is 6.69. The normalized spacial score (nSPS) is 22.5. The number of hydrogen-bond acceptors (Lipinski definition) is 4. The van der Waals surface area contributed by atoms with Crippen molar-refractivity contribution >= 4 is 11.9 Å². The molecule has 0 aliphatic carbocycles. The summed E-state index contributed by atoms with van der Waals surface area (Å²) in [6, 6.07) is 1.45. The van der Waals surface area contributed by atoms with Crippen LogP contribution in [0.5, 0.6) is 0 Å². The van der Waals surface area contributed by atoms with Gasteiger partial charge in [0.05, 0.1) is 12.6 Å². The van der Waals surface area contributed by atoms with Crippen LogP contribution in [0, 0.1) is 12.8 Å². The molecule has 1 aromatic heterocycles. The van der Waals surface area contributed by atoms with Crippen LogP contribution >= 0.6 is 0 Å². The van der Waals surface area contributed by atoms with Crippen molar-refractivity contribution in [1.29, 1.82) is 0 Å². The zero-order valence-corrected chi connectivity index (χ0v) is 11.6. The zero-order valence-electron chi connectivity index (χ0n) is 11.6. The average molecular weight is 281 g/mol. The van der Waals surface area contributed by atoms with E-state index in [9.17, 15) is 9.59 Å². The molecule has 6 nitrogen and oxygen atoms in total. The van der Waals surface area contributed by atoms with E-state index in [1.54, 1.807) is 6.92 Å². The van der Waals surface area contributed by atoms with Crippen LogP contribution in [0.3, 0.4) is 0 Å². The second-order valence-electron chi connectivity index (χ2n) is 5.11. The molecule has 0 bridgehead atoms. The minimum atomic E-state index is -1.03. The zero-order chi connectivity index (χ0) is 14.7. The molecule has 2 rings (SSSR count). The molecule has 2 atom stereocenters. The summed E-state index contributed by atoms with van der Waals surface area (Å²) < 4.78 is 10.7. The van der Waals surface area contributed by atoms with E-state index < -0.39 is 5.97 Å². The summed E-state index contributed by atoms with van der Waals surface area (Å²) in [5.74, 6) is -0.309.